The van der Waals surface area contributed by atoms with Crippen LogP contribution in [0, 0.1) is 0 Å². The van der Waals surface area contributed by atoms with E-state index in [2.05, 4.69) is 44.7 Å². The molecule has 0 aliphatic rings. The summed E-state index contributed by atoms with van der Waals surface area (Å²) in [7, 11) is 0. The van der Waals surface area contributed by atoms with E-state index in [0.29, 0.717) is 0 Å². The highest BCUT2D eigenvalue weighted by Crippen LogP contribution is 2.22. The Balaban J connectivity index is 2.55. The molecule has 1 heteroatoms. The number of thiol groups is 1. The molecule has 16 heavy (non-hydrogen) atoms. The average molecular weight is 236 g/mol. The van der Waals surface area contributed by atoms with Gasteiger partial charge in [-0.1, -0.05) is 57.7 Å². The highest BCUT2D eigenvalue weighted by atomic mass is 32.1. The lowest BCUT2D eigenvalue weighted by Crippen LogP contribution is -1.93. The fourth-order valence-corrected chi connectivity index (χ4v) is 2.43. The van der Waals surface area contributed by atoms with Crippen molar-refractivity contribution in [2.45, 2.75) is 63.7 Å². The lowest BCUT2D eigenvalue weighted by atomic mass is 10.0. The van der Waals surface area contributed by atoms with Gasteiger partial charge in [0.1, 0.15) is 0 Å². The van der Waals surface area contributed by atoms with Gasteiger partial charge >= 0.3 is 0 Å². The molecule has 1 aromatic rings. The fourth-order valence-electron chi connectivity index (χ4n) is 2.06. The van der Waals surface area contributed by atoms with Crippen LogP contribution in [0.25, 0.3) is 0 Å². The van der Waals surface area contributed by atoms with Gasteiger partial charge in [0.15, 0.2) is 0 Å². The first-order valence-electron chi connectivity index (χ1n) is 6.59. The van der Waals surface area contributed by atoms with Crippen molar-refractivity contribution in [3.05, 3.63) is 29.3 Å². The molecule has 0 aliphatic heterocycles. The minimum absolute atomic E-state index is 1.15. The monoisotopic (exact) mass is 236 g/mol. The fraction of sp³-hybridized carbons (Fsp3) is 0.600. The van der Waals surface area contributed by atoms with Crippen LogP contribution in [0.4, 0.5) is 0 Å². The number of hydrogen-bond acceptors (Lipinski definition) is 1. The first-order valence-corrected chi connectivity index (χ1v) is 7.04. The Labute approximate surface area is 106 Å². The van der Waals surface area contributed by atoms with Gasteiger partial charge in [0.05, 0.1) is 0 Å². The van der Waals surface area contributed by atoms with Crippen molar-refractivity contribution in [1.29, 1.82) is 0 Å². The maximum absolute atomic E-state index is 4.67. The Hall–Kier alpha value is -0.430. The Morgan fingerprint density at radius 2 is 1.56 bits per heavy atom. The van der Waals surface area contributed by atoms with Crippen molar-refractivity contribution in [3.8, 4) is 0 Å². The first kappa shape index (κ1) is 13.6. The van der Waals surface area contributed by atoms with Gasteiger partial charge in [-0.2, -0.15) is 0 Å². The van der Waals surface area contributed by atoms with Crippen molar-refractivity contribution in [1.82, 2.24) is 0 Å². The number of unbranched alkanes of at least 4 members (excludes halogenated alkanes) is 3. The van der Waals surface area contributed by atoms with Crippen LogP contribution in [-0.2, 0) is 12.8 Å². The van der Waals surface area contributed by atoms with Crippen molar-refractivity contribution >= 4 is 12.6 Å². The van der Waals surface area contributed by atoms with Gasteiger partial charge in [0.25, 0.3) is 0 Å². The van der Waals surface area contributed by atoms with E-state index in [1.54, 1.807) is 0 Å². The molecule has 0 aromatic heterocycles. The molecule has 0 amide bonds. The van der Waals surface area contributed by atoms with Crippen LogP contribution < -0.4 is 0 Å². The molecule has 0 radical (unpaired) electrons. The summed E-state index contributed by atoms with van der Waals surface area (Å²) >= 11 is 4.67. The van der Waals surface area contributed by atoms with Crippen LogP contribution in [0.3, 0.4) is 0 Å². The van der Waals surface area contributed by atoms with E-state index in [0.717, 1.165) is 6.42 Å². The van der Waals surface area contributed by atoms with Gasteiger partial charge in [0, 0.05) is 4.90 Å². The number of aryl methyl sites for hydroxylation is 2. The molecule has 0 fully saturated rings. The second-order valence-corrected chi connectivity index (χ2v) is 4.93. The average Bonchev–Trinajstić information content (AvgIpc) is 2.29. The normalized spacial score (nSPS) is 10.7. The summed E-state index contributed by atoms with van der Waals surface area (Å²) in [5.74, 6) is 0. The topological polar surface area (TPSA) is 0 Å². The molecule has 1 aromatic carbocycles. The molecule has 0 bridgehead atoms. The third-order valence-corrected chi connectivity index (χ3v) is 3.60. The Bertz CT molecular complexity index is 304. The quantitative estimate of drug-likeness (QED) is 0.497. The van der Waals surface area contributed by atoms with Crippen LogP contribution in [-0.4, -0.2) is 0 Å². The Kier molecular flexibility index (Phi) is 6.63. The molecule has 0 saturated heterocycles. The minimum Gasteiger partial charge on any atom is -0.143 e. The molecule has 0 nitrogen and oxygen atoms in total. The number of hydrogen-bond donors (Lipinski definition) is 1. The first-order chi connectivity index (χ1) is 7.79. The smallest absolute Gasteiger partial charge is 0.0104 e. The van der Waals surface area contributed by atoms with Gasteiger partial charge in [-0.3, -0.25) is 0 Å². The summed E-state index contributed by atoms with van der Waals surface area (Å²) in [4.78, 5) is 1.24. The zero-order valence-electron chi connectivity index (χ0n) is 10.6. The van der Waals surface area contributed by atoms with Gasteiger partial charge < -0.3 is 0 Å². The third kappa shape index (κ3) is 4.21. The van der Waals surface area contributed by atoms with Crippen LogP contribution in [0.5, 0.6) is 0 Å². The van der Waals surface area contributed by atoms with E-state index in [4.69, 9.17) is 0 Å². The van der Waals surface area contributed by atoms with Crippen LogP contribution in [0.2, 0.25) is 0 Å². The SMILES string of the molecule is CCCCCCc1cccc(CCC)c1S. The second-order valence-electron chi connectivity index (χ2n) is 4.49. The van der Waals surface area contributed by atoms with Gasteiger partial charge in [0.2, 0.25) is 0 Å². The molecule has 0 spiro atoms. The van der Waals surface area contributed by atoms with Gasteiger partial charge in [-0.05, 0) is 30.4 Å². The molecule has 0 N–H and O–H groups in total. The van der Waals surface area contributed by atoms with E-state index in [-0.39, 0.29) is 0 Å². The highest BCUT2D eigenvalue weighted by molar-refractivity contribution is 7.80. The lowest BCUT2D eigenvalue weighted by molar-refractivity contribution is 0.662. The van der Waals surface area contributed by atoms with Gasteiger partial charge in [-0.25, -0.2) is 0 Å². The zero-order valence-corrected chi connectivity index (χ0v) is 11.5. The summed E-state index contributed by atoms with van der Waals surface area (Å²) < 4.78 is 0. The number of rotatable bonds is 7. The van der Waals surface area contributed by atoms with Crippen LogP contribution in [0.1, 0.15) is 57.1 Å². The minimum atomic E-state index is 1.15. The highest BCUT2D eigenvalue weighted by Gasteiger charge is 2.03. The largest absolute Gasteiger partial charge is 0.143 e. The summed E-state index contributed by atoms with van der Waals surface area (Å²) in [6, 6.07) is 6.62. The van der Waals surface area contributed by atoms with E-state index in [1.165, 1.54) is 54.5 Å². The van der Waals surface area contributed by atoms with E-state index in [9.17, 15) is 0 Å². The molecule has 0 saturated carbocycles. The number of benzene rings is 1. The zero-order chi connectivity index (χ0) is 11.8. The summed E-state index contributed by atoms with van der Waals surface area (Å²) in [6.07, 6.45) is 8.86. The molecular weight excluding hydrogens is 212 g/mol. The van der Waals surface area contributed by atoms with Crippen molar-refractivity contribution in [2.24, 2.45) is 0 Å². The maximum Gasteiger partial charge on any atom is 0.0104 e. The maximum atomic E-state index is 4.67. The summed E-state index contributed by atoms with van der Waals surface area (Å²) in [5, 5.41) is 0. The van der Waals surface area contributed by atoms with Crippen LogP contribution in [0.15, 0.2) is 23.1 Å². The second kappa shape index (κ2) is 7.78. The van der Waals surface area contributed by atoms with E-state index in [1.807, 2.05) is 0 Å². The third-order valence-electron chi connectivity index (χ3n) is 3.02. The summed E-state index contributed by atoms with van der Waals surface area (Å²) in [6.45, 7) is 4.48. The molecule has 0 unspecified atom stereocenters. The molecule has 0 heterocycles. The predicted molar refractivity (Wildman–Crippen MR) is 75.5 cm³/mol. The predicted octanol–water partition coefficient (Wildman–Crippen LogP) is 5.05. The lowest BCUT2D eigenvalue weighted by Gasteiger charge is -2.09. The van der Waals surface area contributed by atoms with E-state index >= 15 is 0 Å². The molecule has 0 aliphatic carbocycles. The molecule has 1 rings (SSSR count). The molecular formula is C15H24S. The van der Waals surface area contributed by atoms with E-state index < -0.39 is 0 Å². The van der Waals surface area contributed by atoms with Crippen molar-refractivity contribution < 1.29 is 0 Å². The molecule has 90 valence electrons. The Morgan fingerprint density at radius 1 is 0.875 bits per heavy atom. The molecule has 0 atom stereocenters. The van der Waals surface area contributed by atoms with Crippen molar-refractivity contribution in [2.75, 3.05) is 0 Å². The van der Waals surface area contributed by atoms with Crippen LogP contribution >= 0.6 is 12.6 Å². The summed E-state index contributed by atoms with van der Waals surface area (Å²) in [5.41, 5.74) is 2.85. The van der Waals surface area contributed by atoms with Crippen molar-refractivity contribution in [3.63, 3.8) is 0 Å². The standard InChI is InChI=1S/C15H24S/c1-3-5-6-7-10-14-12-8-11-13(9-4-2)15(14)16/h8,11-12,16H,3-7,9-10H2,1-2H3. The Morgan fingerprint density at radius 3 is 2.19 bits per heavy atom. The van der Waals surface area contributed by atoms with Gasteiger partial charge in [-0.15, -0.1) is 12.6 Å².